The Morgan fingerprint density at radius 2 is 2.33 bits per heavy atom. The first-order valence-corrected chi connectivity index (χ1v) is 6.40. The van der Waals surface area contributed by atoms with Gasteiger partial charge in [0.25, 0.3) is 0 Å². The molecule has 0 amide bonds. The summed E-state index contributed by atoms with van der Waals surface area (Å²) in [7, 11) is 0. The number of thiophene rings is 1. The highest BCUT2D eigenvalue weighted by molar-refractivity contribution is 7.14. The van der Waals surface area contributed by atoms with Gasteiger partial charge >= 0.3 is 5.97 Å². The molecular formula is C13H14O4S. The lowest BCUT2D eigenvalue weighted by Gasteiger charge is -2.02. The Morgan fingerprint density at radius 3 is 2.89 bits per heavy atom. The van der Waals surface area contributed by atoms with Gasteiger partial charge in [-0.1, -0.05) is 13.8 Å². The van der Waals surface area contributed by atoms with Crippen molar-refractivity contribution < 1.29 is 19.1 Å². The molecule has 0 saturated carbocycles. The predicted molar refractivity (Wildman–Crippen MR) is 68.4 cm³/mol. The smallest absolute Gasteiger partial charge is 0.349 e. The summed E-state index contributed by atoms with van der Waals surface area (Å²) < 4.78 is 10.5. The second-order valence-corrected chi connectivity index (χ2v) is 5.31. The summed E-state index contributed by atoms with van der Waals surface area (Å²) >= 11 is 1.26. The molecule has 0 aliphatic carbocycles. The average molecular weight is 266 g/mol. The SMILES string of the molecule is CC(C)c1cc(OCc2ccoc2)c(C(=O)O)s1. The van der Waals surface area contributed by atoms with Gasteiger partial charge in [0.1, 0.15) is 12.4 Å². The van der Waals surface area contributed by atoms with Crippen LogP contribution in [0.2, 0.25) is 0 Å². The number of carboxylic acid groups (broad SMARTS) is 1. The third-order valence-corrected chi connectivity index (χ3v) is 3.86. The van der Waals surface area contributed by atoms with Crippen molar-refractivity contribution in [3.63, 3.8) is 0 Å². The van der Waals surface area contributed by atoms with E-state index in [0.717, 1.165) is 10.4 Å². The zero-order valence-corrected chi connectivity index (χ0v) is 11.0. The van der Waals surface area contributed by atoms with E-state index in [4.69, 9.17) is 14.3 Å². The van der Waals surface area contributed by atoms with Gasteiger partial charge in [0.15, 0.2) is 4.88 Å². The number of carbonyl (C=O) groups is 1. The molecule has 2 aromatic rings. The number of furan rings is 1. The van der Waals surface area contributed by atoms with Crippen LogP contribution < -0.4 is 4.74 Å². The van der Waals surface area contributed by atoms with E-state index < -0.39 is 5.97 Å². The van der Waals surface area contributed by atoms with Gasteiger partial charge < -0.3 is 14.3 Å². The standard InChI is InChI=1S/C13H14O4S/c1-8(2)11-5-10(12(18-11)13(14)15)17-7-9-3-4-16-6-9/h3-6,8H,7H2,1-2H3,(H,14,15). The molecule has 2 aromatic heterocycles. The van der Waals surface area contributed by atoms with Crippen LogP contribution in [0.3, 0.4) is 0 Å². The molecule has 0 aliphatic rings. The molecule has 0 unspecified atom stereocenters. The van der Waals surface area contributed by atoms with Crippen LogP contribution in [0.5, 0.6) is 5.75 Å². The van der Waals surface area contributed by atoms with Gasteiger partial charge in [-0.3, -0.25) is 0 Å². The van der Waals surface area contributed by atoms with Crippen molar-refractivity contribution in [2.75, 3.05) is 0 Å². The van der Waals surface area contributed by atoms with E-state index in [-0.39, 0.29) is 4.88 Å². The quantitative estimate of drug-likeness (QED) is 0.895. The Kier molecular flexibility index (Phi) is 3.72. The van der Waals surface area contributed by atoms with Gasteiger partial charge in [-0.2, -0.15) is 0 Å². The first-order chi connectivity index (χ1) is 8.58. The molecule has 96 valence electrons. The van der Waals surface area contributed by atoms with Crippen LogP contribution in [0.15, 0.2) is 29.1 Å². The highest BCUT2D eigenvalue weighted by atomic mass is 32.1. The second-order valence-electron chi connectivity index (χ2n) is 4.22. The largest absolute Gasteiger partial charge is 0.487 e. The predicted octanol–water partition coefficient (Wildman–Crippen LogP) is 3.74. The summed E-state index contributed by atoms with van der Waals surface area (Å²) in [5.41, 5.74) is 0.878. The van der Waals surface area contributed by atoms with Crippen molar-refractivity contribution in [2.45, 2.75) is 26.4 Å². The number of ether oxygens (including phenoxy) is 1. The Balaban J connectivity index is 2.17. The van der Waals surface area contributed by atoms with Crippen LogP contribution in [0.4, 0.5) is 0 Å². The minimum atomic E-state index is -0.950. The van der Waals surface area contributed by atoms with Gasteiger partial charge in [-0.05, 0) is 18.1 Å². The van der Waals surface area contributed by atoms with E-state index in [1.54, 1.807) is 24.7 Å². The van der Waals surface area contributed by atoms with Gasteiger partial charge in [0.2, 0.25) is 0 Å². The minimum absolute atomic E-state index is 0.252. The molecule has 0 spiro atoms. The van der Waals surface area contributed by atoms with E-state index in [9.17, 15) is 4.79 Å². The molecule has 1 N–H and O–H groups in total. The zero-order chi connectivity index (χ0) is 13.1. The zero-order valence-electron chi connectivity index (χ0n) is 10.2. The fourth-order valence-corrected chi connectivity index (χ4v) is 2.41. The fraction of sp³-hybridized carbons (Fsp3) is 0.308. The van der Waals surface area contributed by atoms with Crippen molar-refractivity contribution in [1.29, 1.82) is 0 Å². The van der Waals surface area contributed by atoms with Crippen molar-refractivity contribution in [1.82, 2.24) is 0 Å². The number of aromatic carboxylic acids is 1. The maximum atomic E-state index is 11.1. The highest BCUT2D eigenvalue weighted by Gasteiger charge is 2.18. The van der Waals surface area contributed by atoms with Crippen molar-refractivity contribution in [2.24, 2.45) is 0 Å². The summed E-state index contributed by atoms with van der Waals surface area (Å²) in [4.78, 5) is 12.4. The van der Waals surface area contributed by atoms with E-state index in [0.29, 0.717) is 18.3 Å². The van der Waals surface area contributed by atoms with Gasteiger partial charge in [0.05, 0.1) is 12.5 Å². The first kappa shape index (κ1) is 12.7. The average Bonchev–Trinajstić information content (AvgIpc) is 2.95. The molecule has 2 rings (SSSR count). The van der Waals surface area contributed by atoms with E-state index in [2.05, 4.69) is 0 Å². The molecule has 0 aliphatic heterocycles. The van der Waals surface area contributed by atoms with E-state index >= 15 is 0 Å². The molecule has 4 nitrogen and oxygen atoms in total. The maximum absolute atomic E-state index is 11.1. The molecule has 0 radical (unpaired) electrons. The first-order valence-electron chi connectivity index (χ1n) is 5.59. The van der Waals surface area contributed by atoms with Crippen molar-refractivity contribution in [3.05, 3.63) is 40.0 Å². The van der Waals surface area contributed by atoms with Crippen molar-refractivity contribution in [3.8, 4) is 5.75 Å². The lowest BCUT2D eigenvalue weighted by Crippen LogP contribution is -1.99. The summed E-state index contributed by atoms with van der Waals surface area (Å²) in [6.07, 6.45) is 3.14. The lowest BCUT2D eigenvalue weighted by molar-refractivity contribution is 0.0697. The van der Waals surface area contributed by atoms with Crippen LogP contribution in [0.25, 0.3) is 0 Å². The summed E-state index contributed by atoms with van der Waals surface area (Å²) in [6, 6.07) is 3.59. The highest BCUT2D eigenvalue weighted by Crippen LogP contribution is 2.34. The molecule has 0 fully saturated rings. The minimum Gasteiger partial charge on any atom is -0.487 e. The molecule has 2 heterocycles. The molecular weight excluding hydrogens is 252 g/mol. The Labute approximate surface area is 109 Å². The summed E-state index contributed by atoms with van der Waals surface area (Å²) in [5.74, 6) is -0.231. The molecule has 0 saturated heterocycles. The second kappa shape index (κ2) is 5.27. The molecule has 0 atom stereocenters. The maximum Gasteiger partial charge on any atom is 0.349 e. The van der Waals surface area contributed by atoms with Gasteiger partial charge in [-0.25, -0.2) is 4.79 Å². The lowest BCUT2D eigenvalue weighted by atomic mass is 10.2. The Hall–Kier alpha value is -1.75. The van der Waals surface area contributed by atoms with Crippen LogP contribution in [0, 0.1) is 0 Å². The summed E-state index contributed by atoms with van der Waals surface area (Å²) in [5, 5.41) is 9.13. The number of hydrogen-bond donors (Lipinski definition) is 1. The third-order valence-electron chi connectivity index (χ3n) is 2.45. The Bertz CT molecular complexity index is 525. The molecule has 0 bridgehead atoms. The summed E-state index contributed by atoms with van der Waals surface area (Å²) in [6.45, 7) is 4.36. The molecule has 18 heavy (non-hydrogen) atoms. The van der Waals surface area contributed by atoms with Crippen LogP contribution >= 0.6 is 11.3 Å². The molecule has 0 aromatic carbocycles. The van der Waals surface area contributed by atoms with Crippen LogP contribution in [-0.4, -0.2) is 11.1 Å². The van der Waals surface area contributed by atoms with Crippen LogP contribution in [-0.2, 0) is 6.61 Å². The van der Waals surface area contributed by atoms with Crippen LogP contribution in [0.1, 0.15) is 39.9 Å². The van der Waals surface area contributed by atoms with Gasteiger partial charge in [-0.15, -0.1) is 11.3 Å². The Morgan fingerprint density at radius 1 is 1.56 bits per heavy atom. The van der Waals surface area contributed by atoms with Gasteiger partial charge in [0, 0.05) is 10.4 Å². The number of carboxylic acids is 1. The normalized spacial score (nSPS) is 10.8. The third kappa shape index (κ3) is 2.73. The van der Waals surface area contributed by atoms with Crippen molar-refractivity contribution >= 4 is 17.3 Å². The number of rotatable bonds is 5. The number of hydrogen-bond acceptors (Lipinski definition) is 4. The van der Waals surface area contributed by atoms with E-state index in [1.165, 1.54) is 11.3 Å². The topological polar surface area (TPSA) is 59.7 Å². The van der Waals surface area contributed by atoms with E-state index in [1.807, 2.05) is 13.8 Å². The monoisotopic (exact) mass is 266 g/mol. The fourth-order valence-electron chi connectivity index (χ4n) is 1.47. The molecule has 5 heteroatoms.